The molecule has 4 nitrogen and oxygen atoms in total. The van der Waals surface area contributed by atoms with E-state index >= 15 is 0 Å². The van der Waals surface area contributed by atoms with Crippen molar-refractivity contribution in [1.29, 1.82) is 0 Å². The fraction of sp³-hybridized carbons (Fsp3) is 0.269. The number of benzene rings is 3. The summed E-state index contributed by atoms with van der Waals surface area (Å²) in [6, 6.07) is 22.7. The van der Waals surface area contributed by atoms with Crippen LogP contribution in [0.3, 0.4) is 0 Å². The van der Waals surface area contributed by atoms with Crippen molar-refractivity contribution in [1.82, 2.24) is 0 Å². The van der Waals surface area contributed by atoms with Crippen molar-refractivity contribution < 1.29 is 5.11 Å². The maximum absolute atomic E-state index is 11.0. The van der Waals surface area contributed by atoms with Crippen molar-refractivity contribution in [3.8, 4) is 5.75 Å². The Morgan fingerprint density at radius 2 is 1.63 bits per heavy atom. The minimum absolute atomic E-state index is 0.400. The van der Waals surface area contributed by atoms with Gasteiger partial charge in [-0.3, -0.25) is 5.01 Å². The Kier molecular flexibility index (Phi) is 5.14. The summed E-state index contributed by atoms with van der Waals surface area (Å²) in [7, 11) is 0. The lowest BCUT2D eigenvalue weighted by molar-refractivity contribution is 0.461. The molecule has 152 valence electrons. The summed E-state index contributed by atoms with van der Waals surface area (Å²) in [5.41, 5.74) is 6.79. The molecule has 0 fully saturated rings. The predicted octanol–water partition coefficient (Wildman–Crippen LogP) is 5.13. The number of para-hydroxylation sites is 1. The van der Waals surface area contributed by atoms with Gasteiger partial charge in [0.1, 0.15) is 5.75 Å². The third-order valence-corrected chi connectivity index (χ3v) is 6.09. The molecule has 4 heteroatoms. The summed E-state index contributed by atoms with van der Waals surface area (Å²) in [6.45, 7) is 2.88. The predicted molar refractivity (Wildman–Crippen MR) is 124 cm³/mol. The highest BCUT2D eigenvalue weighted by Gasteiger charge is 2.27. The maximum Gasteiger partial charge on any atom is 0.129 e. The van der Waals surface area contributed by atoms with Gasteiger partial charge in [-0.15, -0.1) is 0 Å². The zero-order valence-corrected chi connectivity index (χ0v) is 17.2. The summed E-state index contributed by atoms with van der Waals surface area (Å²) in [5.74, 6) is 0.400. The third kappa shape index (κ3) is 3.65. The molecule has 0 amide bonds. The second-order valence-corrected chi connectivity index (χ2v) is 8.12. The number of hydrazone groups is 1. The van der Waals surface area contributed by atoms with Crippen LogP contribution in [-0.4, -0.2) is 24.4 Å². The van der Waals surface area contributed by atoms with E-state index in [-0.39, 0.29) is 0 Å². The molecule has 3 aromatic carbocycles. The van der Waals surface area contributed by atoms with Crippen molar-refractivity contribution in [3.63, 3.8) is 0 Å². The smallest absolute Gasteiger partial charge is 0.129 e. The molecule has 0 atom stereocenters. The van der Waals surface area contributed by atoms with Crippen LogP contribution in [0.2, 0.25) is 0 Å². The number of aryl methyl sites for hydroxylation is 1. The molecule has 0 bridgehead atoms. The van der Waals surface area contributed by atoms with Crippen LogP contribution in [-0.2, 0) is 19.4 Å². The Hall–Kier alpha value is -3.27. The molecule has 3 aromatic rings. The molecule has 5 rings (SSSR count). The lowest BCUT2D eigenvalue weighted by Crippen LogP contribution is -2.34. The van der Waals surface area contributed by atoms with Crippen LogP contribution < -0.4 is 9.91 Å². The minimum atomic E-state index is 0.400. The Morgan fingerprint density at radius 3 is 2.40 bits per heavy atom. The average Bonchev–Trinajstić information content (AvgIpc) is 2.81. The number of aromatic hydroxyl groups is 1. The molecule has 0 spiro atoms. The highest BCUT2D eigenvalue weighted by molar-refractivity contribution is 5.88. The zero-order chi connectivity index (χ0) is 20.3. The average molecular weight is 398 g/mol. The molecule has 1 N–H and O–H groups in total. The molecule has 0 saturated carbocycles. The van der Waals surface area contributed by atoms with E-state index in [1.807, 2.05) is 47.6 Å². The number of phenols is 1. The first kappa shape index (κ1) is 18.7. The number of phenolic OH excluding ortho intramolecular Hbond substituents is 1. The van der Waals surface area contributed by atoms with Crippen molar-refractivity contribution in [3.05, 3.63) is 89.0 Å². The van der Waals surface area contributed by atoms with Gasteiger partial charge in [0.25, 0.3) is 0 Å². The summed E-state index contributed by atoms with van der Waals surface area (Å²) in [4.78, 5) is 2.45. The first-order valence-electron chi connectivity index (χ1n) is 10.8. The van der Waals surface area contributed by atoms with Gasteiger partial charge in [0.15, 0.2) is 0 Å². The molecular formula is C26H27N3O. The molecule has 0 radical (unpaired) electrons. The van der Waals surface area contributed by atoms with Crippen LogP contribution in [0.1, 0.15) is 35.1 Å². The third-order valence-electron chi connectivity index (χ3n) is 6.09. The summed E-state index contributed by atoms with van der Waals surface area (Å²) in [6.07, 6.45) is 6.13. The van der Waals surface area contributed by atoms with E-state index in [0.29, 0.717) is 12.3 Å². The molecule has 0 aromatic heterocycles. The van der Waals surface area contributed by atoms with Gasteiger partial charge in [0.2, 0.25) is 0 Å². The molecule has 2 aliphatic heterocycles. The highest BCUT2D eigenvalue weighted by Crippen LogP contribution is 2.41. The van der Waals surface area contributed by atoms with E-state index in [1.165, 1.54) is 23.2 Å². The Balaban J connectivity index is 1.50. The van der Waals surface area contributed by atoms with Crippen LogP contribution in [0.5, 0.6) is 5.75 Å². The highest BCUT2D eigenvalue weighted by atomic mass is 16.3. The quantitative estimate of drug-likeness (QED) is 0.479. The lowest BCUT2D eigenvalue weighted by atomic mass is 9.89. The number of rotatable bonds is 5. The normalized spacial score (nSPS) is 15.3. The SMILES string of the molecule is Oc1c(C=NN(Cc2ccccc2)c2ccccc2)cc2c3c1CCCN3CCC2. The van der Waals surface area contributed by atoms with Gasteiger partial charge in [-0.2, -0.15) is 5.10 Å². The summed E-state index contributed by atoms with van der Waals surface area (Å²) < 4.78 is 0. The molecule has 0 unspecified atom stereocenters. The van der Waals surface area contributed by atoms with Crippen LogP contribution in [0.25, 0.3) is 0 Å². The van der Waals surface area contributed by atoms with E-state index in [2.05, 4.69) is 35.2 Å². The second kappa shape index (κ2) is 8.23. The van der Waals surface area contributed by atoms with Crippen LogP contribution >= 0.6 is 0 Å². The number of anilines is 2. The Morgan fingerprint density at radius 1 is 0.933 bits per heavy atom. The zero-order valence-electron chi connectivity index (χ0n) is 17.2. The van der Waals surface area contributed by atoms with Gasteiger partial charge in [-0.05, 0) is 55.0 Å². The van der Waals surface area contributed by atoms with Gasteiger partial charge in [-0.25, -0.2) is 0 Å². The minimum Gasteiger partial charge on any atom is -0.507 e. The van der Waals surface area contributed by atoms with Gasteiger partial charge in [-0.1, -0.05) is 48.5 Å². The maximum atomic E-state index is 11.0. The molecule has 0 aliphatic carbocycles. The standard InChI is InChI=1S/C26H27N3O/c30-26-22(17-21-11-7-15-28-16-8-14-24(26)25(21)28)18-27-29(23-12-5-2-6-13-23)19-20-9-3-1-4-10-20/h1-6,9-10,12-13,17-18,30H,7-8,11,14-16,19H2. The molecular weight excluding hydrogens is 370 g/mol. The first-order valence-corrected chi connectivity index (χ1v) is 10.8. The van der Waals surface area contributed by atoms with Gasteiger partial charge >= 0.3 is 0 Å². The summed E-state index contributed by atoms with van der Waals surface area (Å²) >= 11 is 0. The monoisotopic (exact) mass is 397 g/mol. The van der Waals surface area contributed by atoms with E-state index in [1.54, 1.807) is 0 Å². The first-order chi connectivity index (χ1) is 14.8. The lowest BCUT2D eigenvalue weighted by Gasteiger charge is -2.37. The van der Waals surface area contributed by atoms with Crippen molar-refractivity contribution in [2.24, 2.45) is 5.10 Å². The van der Waals surface area contributed by atoms with E-state index < -0.39 is 0 Å². The van der Waals surface area contributed by atoms with Crippen LogP contribution in [0.4, 0.5) is 11.4 Å². The largest absolute Gasteiger partial charge is 0.507 e. The van der Waals surface area contributed by atoms with Crippen molar-refractivity contribution in [2.45, 2.75) is 32.2 Å². The van der Waals surface area contributed by atoms with E-state index in [9.17, 15) is 5.11 Å². The Bertz CT molecular complexity index is 1040. The summed E-state index contributed by atoms with van der Waals surface area (Å²) in [5, 5.41) is 17.8. The van der Waals surface area contributed by atoms with Crippen LogP contribution in [0.15, 0.2) is 71.8 Å². The number of hydrogen-bond donors (Lipinski definition) is 1. The van der Waals surface area contributed by atoms with Crippen molar-refractivity contribution in [2.75, 3.05) is 23.0 Å². The topological polar surface area (TPSA) is 39.1 Å². The number of nitrogens with zero attached hydrogens (tertiary/aromatic N) is 3. The van der Waals surface area contributed by atoms with Gasteiger partial charge in [0.05, 0.1) is 18.4 Å². The van der Waals surface area contributed by atoms with E-state index in [4.69, 9.17) is 5.10 Å². The van der Waals surface area contributed by atoms with Crippen LogP contribution in [0, 0.1) is 0 Å². The molecule has 0 saturated heterocycles. The fourth-order valence-electron chi connectivity index (χ4n) is 4.65. The molecule has 30 heavy (non-hydrogen) atoms. The molecule has 2 aliphatic rings. The van der Waals surface area contributed by atoms with Crippen molar-refractivity contribution >= 4 is 17.6 Å². The fourth-order valence-corrected chi connectivity index (χ4v) is 4.65. The molecule has 2 heterocycles. The van der Waals surface area contributed by atoms with Gasteiger partial charge < -0.3 is 10.0 Å². The van der Waals surface area contributed by atoms with E-state index in [0.717, 1.165) is 49.2 Å². The number of hydrogen-bond acceptors (Lipinski definition) is 4. The Labute approximate surface area is 178 Å². The van der Waals surface area contributed by atoms with Gasteiger partial charge in [0, 0.05) is 29.9 Å². The second-order valence-electron chi connectivity index (χ2n) is 8.12.